The second kappa shape index (κ2) is 12.6. The highest BCUT2D eigenvalue weighted by Gasteiger charge is 2.51. The minimum atomic E-state index is -1.34. The summed E-state index contributed by atoms with van der Waals surface area (Å²) in [5, 5.41) is 3.41. The van der Waals surface area contributed by atoms with Gasteiger partial charge in [0.2, 0.25) is 17.7 Å². The molecule has 0 bridgehead atoms. The van der Waals surface area contributed by atoms with E-state index < -0.39 is 30.0 Å². The fourth-order valence-electron chi connectivity index (χ4n) is 4.89. The summed E-state index contributed by atoms with van der Waals surface area (Å²) in [4.78, 5) is 21.7. The molecule has 5 rings (SSSR count). The summed E-state index contributed by atoms with van der Waals surface area (Å²) in [6.45, 7) is 5.22. The molecule has 1 fully saturated rings. The Morgan fingerprint density at radius 3 is 2.33 bits per heavy atom. The number of hydrogen-bond donors (Lipinski definition) is 1. The zero-order chi connectivity index (χ0) is 29.7. The molecule has 1 aliphatic rings. The molecule has 1 amide bonds. The van der Waals surface area contributed by atoms with Crippen LogP contribution in [0.3, 0.4) is 0 Å². The van der Waals surface area contributed by atoms with Crippen molar-refractivity contribution < 1.29 is 28.1 Å². The van der Waals surface area contributed by atoms with E-state index in [1.165, 1.54) is 7.11 Å². The topological polar surface area (TPSA) is 96.7 Å². The third kappa shape index (κ3) is 6.46. The molecule has 1 saturated heterocycles. The van der Waals surface area contributed by atoms with Crippen molar-refractivity contribution in [3.8, 4) is 5.88 Å². The van der Waals surface area contributed by atoms with Crippen LogP contribution >= 0.6 is 0 Å². The van der Waals surface area contributed by atoms with E-state index in [-0.39, 0.29) is 18.5 Å². The standard InChI is InChI=1S/C32H37FN4O5/c1-31(2,3)29(38)36-30-34-27-24(28(35-30)39-4)15-16-37(27)26-17-25(41-19-23-13-9-6-10-14-23)32(20-33,42-26)21-40-18-22-11-7-5-8-12-22/h5-16,25-26H,17-21H2,1-4H3,(H,34,35,36,38)/t25-,26+,32+/m0/s1. The summed E-state index contributed by atoms with van der Waals surface area (Å²) in [7, 11) is 1.51. The van der Waals surface area contributed by atoms with Gasteiger partial charge in [0.25, 0.3) is 0 Å². The number of amides is 1. The van der Waals surface area contributed by atoms with Crippen LogP contribution in [-0.4, -0.2) is 52.5 Å². The summed E-state index contributed by atoms with van der Waals surface area (Å²) in [5.41, 5.74) is 0.449. The maximum atomic E-state index is 15.0. The summed E-state index contributed by atoms with van der Waals surface area (Å²) < 4.78 is 41.2. The number of anilines is 1. The van der Waals surface area contributed by atoms with E-state index in [1.807, 2.05) is 66.7 Å². The molecule has 0 spiro atoms. The lowest BCUT2D eigenvalue weighted by Gasteiger charge is -2.31. The minimum Gasteiger partial charge on any atom is -0.480 e. The van der Waals surface area contributed by atoms with Gasteiger partial charge in [-0.1, -0.05) is 81.4 Å². The maximum Gasteiger partial charge on any atom is 0.234 e. The Balaban J connectivity index is 1.44. The number of methoxy groups -OCH3 is 1. The largest absolute Gasteiger partial charge is 0.480 e. The first-order valence-corrected chi connectivity index (χ1v) is 14.0. The van der Waals surface area contributed by atoms with Crippen molar-refractivity contribution in [1.29, 1.82) is 0 Å². The third-order valence-electron chi connectivity index (χ3n) is 7.30. The first-order valence-electron chi connectivity index (χ1n) is 14.0. The molecule has 0 unspecified atom stereocenters. The van der Waals surface area contributed by atoms with E-state index in [1.54, 1.807) is 31.5 Å². The predicted molar refractivity (Wildman–Crippen MR) is 157 cm³/mol. The van der Waals surface area contributed by atoms with E-state index in [0.29, 0.717) is 36.5 Å². The van der Waals surface area contributed by atoms with Gasteiger partial charge in [-0.05, 0) is 17.2 Å². The van der Waals surface area contributed by atoms with Gasteiger partial charge in [0.05, 0.1) is 38.4 Å². The average molecular weight is 577 g/mol. The molecular weight excluding hydrogens is 539 g/mol. The quantitative estimate of drug-likeness (QED) is 0.239. The van der Waals surface area contributed by atoms with Gasteiger partial charge in [0.15, 0.2) is 5.65 Å². The normalized spacial score (nSPS) is 20.6. The Morgan fingerprint density at radius 2 is 1.71 bits per heavy atom. The van der Waals surface area contributed by atoms with E-state index in [4.69, 9.17) is 18.9 Å². The van der Waals surface area contributed by atoms with Crippen molar-refractivity contribution in [3.05, 3.63) is 84.1 Å². The van der Waals surface area contributed by atoms with Crippen LogP contribution in [0.15, 0.2) is 72.9 Å². The van der Waals surface area contributed by atoms with Crippen molar-refractivity contribution >= 4 is 22.9 Å². The lowest BCUT2D eigenvalue weighted by Crippen LogP contribution is -2.47. The summed E-state index contributed by atoms with van der Waals surface area (Å²) >= 11 is 0. The molecule has 9 nitrogen and oxygen atoms in total. The Labute approximate surface area is 245 Å². The van der Waals surface area contributed by atoms with Crippen molar-refractivity contribution in [2.45, 2.75) is 58.3 Å². The zero-order valence-corrected chi connectivity index (χ0v) is 24.4. The third-order valence-corrected chi connectivity index (χ3v) is 7.30. The van der Waals surface area contributed by atoms with Crippen LogP contribution in [0.1, 0.15) is 44.5 Å². The molecule has 3 atom stereocenters. The number of carbonyl (C=O) groups excluding carboxylic acids is 1. The predicted octanol–water partition coefficient (Wildman–Crippen LogP) is 5.85. The minimum absolute atomic E-state index is 0.00124. The van der Waals surface area contributed by atoms with Gasteiger partial charge in [-0.15, -0.1) is 0 Å². The molecule has 1 aliphatic heterocycles. The average Bonchev–Trinajstić information content (AvgIpc) is 3.58. The Kier molecular flexibility index (Phi) is 8.86. The number of aromatic nitrogens is 3. The van der Waals surface area contributed by atoms with Crippen LogP contribution in [0.5, 0.6) is 5.88 Å². The molecule has 0 saturated carbocycles. The molecule has 222 valence electrons. The van der Waals surface area contributed by atoms with Gasteiger partial charge >= 0.3 is 0 Å². The Morgan fingerprint density at radius 1 is 1.05 bits per heavy atom. The number of hydrogen-bond acceptors (Lipinski definition) is 7. The van der Waals surface area contributed by atoms with Crippen molar-refractivity contribution in [1.82, 2.24) is 14.5 Å². The monoisotopic (exact) mass is 576 g/mol. The van der Waals surface area contributed by atoms with Gasteiger partial charge in [-0.2, -0.15) is 9.97 Å². The number of ether oxygens (including phenoxy) is 4. The van der Waals surface area contributed by atoms with Crippen molar-refractivity contribution in [2.24, 2.45) is 5.41 Å². The highest BCUT2D eigenvalue weighted by molar-refractivity contribution is 5.94. The van der Waals surface area contributed by atoms with Crippen LogP contribution in [-0.2, 0) is 32.2 Å². The first kappa shape index (κ1) is 29.6. The first-order chi connectivity index (χ1) is 20.2. The molecule has 0 radical (unpaired) electrons. The number of nitrogens with one attached hydrogen (secondary N) is 1. The highest BCUT2D eigenvalue weighted by atomic mass is 19.1. The SMILES string of the molecule is COc1nc(NC(=O)C(C)(C)C)nc2c1ccn2[C@H]1C[C@H](OCc2ccccc2)[C@@](CF)(COCc2ccccc2)O1. The number of halogens is 1. The number of fused-ring (bicyclic) bond motifs is 1. The van der Waals surface area contributed by atoms with Gasteiger partial charge in [0, 0.05) is 18.0 Å². The second-order valence-corrected chi connectivity index (χ2v) is 11.5. The molecule has 2 aromatic heterocycles. The summed E-state index contributed by atoms with van der Waals surface area (Å²) in [6.07, 6.45) is 0.926. The van der Waals surface area contributed by atoms with Gasteiger partial charge in [-0.25, -0.2) is 4.39 Å². The molecule has 4 aromatic rings. The van der Waals surface area contributed by atoms with Gasteiger partial charge in [0.1, 0.15) is 18.5 Å². The van der Waals surface area contributed by atoms with E-state index >= 15 is 4.39 Å². The number of carbonyl (C=O) groups is 1. The smallest absolute Gasteiger partial charge is 0.234 e. The number of alkyl halides is 1. The Bertz CT molecular complexity index is 1490. The Hall–Kier alpha value is -3.86. The molecular formula is C32H37FN4O5. The molecule has 0 aliphatic carbocycles. The summed E-state index contributed by atoms with van der Waals surface area (Å²) in [5.74, 6) is 0.179. The van der Waals surface area contributed by atoms with Crippen LogP contribution < -0.4 is 10.1 Å². The lowest BCUT2D eigenvalue weighted by atomic mass is 9.96. The summed E-state index contributed by atoms with van der Waals surface area (Å²) in [6, 6.07) is 21.3. The molecule has 1 N–H and O–H groups in total. The van der Waals surface area contributed by atoms with E-state index in [0.717, 1.165) is 11.1 Å². The van der Waals surface area contributed by atoms with E-state index in [9.17, 15) is 4.79 Å². The van der Waals surface area contributed by atoms with Gasteiger partial charge in [-0.3, -0.25) is 10.1 Å². The highest BCUT2D eigenvalue weighted by Crippen LogP contribution is 2.42. The fourth-order valence-corrected chi connectivity index (χ4v) is 4.89. The molecule has 3 heterocycles. The second-order valence-electron chi connectivity index (χ2n) is 11.5. The zero-order valence-electron chi connectivity index (χ0n) is 24.4. The number of rotatable bonds is 11. The van der Waals surface area contributed by atoms with Crippen molar-refractivity contribution in [3.63, 3.8) is 0 Å². The van der Waals surface area contributed by atoms with Gasteiger partial charge < -0.3 is 23.5 Å². The molecule has 10 heteroatoms. The van der Waals surface area contributed by atoms with Crippen LogP contribution in [0.2, 0.25) is 0 Å². The molecule has 2 aromatic carbocycles. The fraction of sp³-hybridized carbons (Fsp3) is 0.406. The number of nitrogens with zero attached hydrogens (tertiary/aromatic N) is 3. The number of benzene rings is 2. The van der Waals surface area contributed by atoms with Crippen molar-refractivity contribution in [2.75, 3.05) is 25.7 Å². The molecule has 42 heavy (non-hydrogen) atoms. The van der Waals surface area contributed by atoms with Crippen LogP contribution in [0, 0.1) is 5.41 Å². The van der Waals surface area contributed by atoms with Crippen LogP contribution in [0.25, 0.3) is 11.0 Å². The van der Waals surface area contributed by atoms with E-state index in [2.05, 4.69) is 15.3 Å². The maximum absolute atomic E-state index is 15.0. The lowest BCUT2D eigenvalue weighted by molar-refractivity contribution is -0.163. The van der Waals surface area contributed by atoms with Crippen LogP contribution in [0.4, 0.5) is 10.3 Å².